The second-order valence-electron chi connectivity index (χ2n) is 9.93. The van der Waals surface area contributed by atoms with Crippen molar-refractivity contribution in [2.24, 2.45) is 0 Å². The second kappa shape index (κ2) is 13.0. The second-order valence-corrected chi connectivity index (χ2v) is 11.9. The first-order valence-corrected chi connectivity index (χ1v) is 15.2. The van der Waals surface area contributed by atoms with Crippen molar-refractivity contribution in [3.8, 4) is 5.75 Å². The van der Waals surface area contributed by atoms with Crippen molar-refractivity contribution < 1.29 is 23.4 Å². The summed E-state index contributed by atoms with van der Waals surface area (Å²) < 4.78 is 37.8. The molecule has 3 aromatic rings. The molecule has 2 heterocycles. The zero-order chi connectivity index (χ0) is 28.0. The molecule has 9 nitrogen and oxygen atoms in total. The minimum Gasteiger partial charge on any atom is -0.487 e. The summed E-state index contributed by atoms with van der Waals surface area (Å²) in [6, 6.07) is 13.4. The smallest absolute Gasteiger partial charge is 0.306 e. The van der Waals surface area contributed by atoms with Crippen LogP contribution in [0.4, 0.5) is 0 Å². The third-order valence-corrected chi connectivity index (χ3v) is 9.15. The van der Waals surface area contributed by atoms with Gasteiger partial charge in [0.15, 0.2) is 0 Å². The Balaban J connectivity index is 1.61. The monoisotopic (exact) mass is 556 g/mol. The predicted octanol–water partition coefficient (Wildman–Crippen LogP) is 5.97. The lowest BCUT2D eigenvalue weighted by molar-refractivity contribution is -0.143. The van der Waals surface area contributed by atoms with Gasteiger partial charge in [0, 0.05) is 19.3 Å². The first-order valence-electron chi connectivity index (χ1n) is 13.7. The highest BCUT2D eigenvalue weighted by Gasteiger charge is 2.35. The molecule has 2 aromatic carbocycles. The maximum Gasteiger partial charge on any atom is 0.306 e. The number of carbonyl (C=O) groups is 1. The van der Waals surface area contributed by atoms with Crippen molar-refractivity contribution in [1.29, 1.82) is 0 Å². The number of fused-ring (bicyclic) bond motifs is 1. The van der Waals surface area contributed by atoms with Crippen molar-refractivity contribution in [1.82, 2.24) is 19.3 Å². The average Bonchev–Trinajstić information content (AvgIpc) is 3.35. The van der Waals surface area contributed by atoms with E-state index >= 15 is 0 Å². The molecule has 212 valence electrons. The molecule has 0 bridgehead atoms. The van der Waals surface area contributed by atoms with Crippen molar-refractivity contribution in [2.75, 3.05) is 13.2 Å². The summed E-state index contributed by atoms with van der Waals surface area (Å²) in [5.41, 5.74) is 3.93. The molecule has 1 aliphatic rings. The first-order chi connectivity index (χ1) is 18.7. The lowest BCUT2D eigenvalue weighted by atomic mass is 9.88. The topological polar surface area (TPSA) is 110 Å². The van der Waals surface area contributed by atoms with E-state index < -0.39 is 10.8 Å². The molecule has 1 unspecified atom stereocenters. The number of carbonyl (C=O) groups excluding carboxylic acids is 1. The molecule has 0 aliphatic carbocycles. The maximum absolute atomic E-state index is 12.5. The Kier molecular flexibility index (Phi) is 9.66. The Hall–Kier alpha value is -2.92. The van der Waals surface area contributed by atoms with Crippen molar-refractivity contribution in [2.45, 2.75) is 83.4 Å². The molecular formula is C29H40N4O5S. The largest absolute Gasteiger partial charge is 0.487 e. The third kappa shape index (κ3) is 7.00. The fourth-order valence-corrected chi connectivity index (χ4v) is 6.49. The summed E-state index contributed by atoms with van der Waals surface area (Å²) in [4.78, 5) is 12.9. The molecule has 39 heavy (non-hydrogen) atoms. The summed E-state index contributed by atoms with van der Waals surface area (Å²) in [5, 5.41) is 8.39. The van der Waals surface area contributed by atoms with Gasteiger partial charge in [-0.15, -0.1) is 15.9 Å². The van der Waals surface area contributed by atoms with Gasteiger partial charge in [0.1, 0.15) is 16.7 Å². The third-order valence-electron chi connectivity index (χ3n) is 7.23. The van der Waals surface area contributed by atoms with E-state index in [2.05, 4.69) is 22.4 Å². The number of nitrogens with zero attached hydrogens (tertiary/aromatic N) is 4. The van der Waals surface area contributed by atoms with E-state index in [1.54, 1.807) is 27.2 Å². The molecule has 1 aliphatic heterocycles. The van der Waals surface area contributed by atoms with Crippen LogP contribution >= 0.6 is 10.8 Å². The van der Waals surface area contributed by atoms with Gasteiger partial charge < -0.3 is 9.47 Å². The van der Waals surface area contributed by atoms with Crippen LogP contribution in [0.2, 0.25) is 0 Å². The molecule has 10 heteroatoms. The van der Waals surface area contributed by atoms with E-state index in [-0.39, 0.29) is 24.4 Å². The summed E-state index contributed by atoms with van der Waals surface area (Å²) in [6.45, 7) is 9.70. The Labute approximate surface area is 232 Å². The van der Waals surface area contributed by atoms with Gasteiger partial charge in [-0.05, 0) is 74.8 Å². The Morgan fingerprint density at radius 1 is 1.21 bits per heavy atom. The van der Waals surface area contributed by atoms with Gasteiger partial charge in [-0.2, -0.15) is 4.31 Å². The van der Waals surface area contributed by atoms with Gasteiger partial charge in [-0.3, -0.25) is 18.6 Å². The fraction of sp³-hybridized carbons (Fsp3) is 0.483. The molecule has 0 saturated carbocycles. The molecule has 2 atom stereocenters. The van der Waals surface area contributed by atoms with Gasteiger partial charge >= 0.3 is 5.97 Å². The first kappa shape index (κ1) is 29.1. The number of rotatable bonds is 11. The molecule has 0 fully saturated rings. The highest BCUT2D eigenvalue weighted by atomic mass is 32.3. The number of hydrogen-bond acceptors (Lipinski definition) is 8. The fourth-order valence-electron chi connectivity index (χ4n) is 4.87. The van der Waals surface area contributed by atoms with E-state index in [1.807, 2.05) is 46.0 Å². The molecule has 0 saturated heterocycles. The zero-order valence-corrected chi connectivity index (χ0v) is 24.1. The van der Waals surface area contributed by atoms with E-state index in [9.17, 15) is 13.9 Å². The lowest BCUT2D eigenvalue weighted by Gasteiger charge is -2.42. The van der Waals surface area contributed by atoms with Crippen LogP contribution in [0.3, 0.4) is 0 Å². The molecular weight excluding hydrogens is 516 g/mol. The molecule has 1 aromatic heterocycles. The lowest BCUT2D eigenvalue weighted by Crippen LogP contribution is -2.34. The number of ether oxygens (including phenoxy) is 2. The minimum absolute atomic E-state index is 0.0767. The highest BCUT2D eigenvalue weighted by molar-refractivity contribution is 8.22. The summed E-state index contributed by atoms with van der Waals surface area (Å²) in [6.07, 6.45) is 4.17. The van der Waals surface area contributed by atoms with E-state index in [0.717, 1.165) is 35.3 Å². The summed E-state index contributed by atoms with van der Waals surface area (Å²) in [7, 11) is -3.27. The van der Waals surface area contributed by atoms with Crippen LogP contribution in [-0.4, -0.2) is 53.6 Å². The Morgan fingerprint density at radius 2 is 2.00 bits per heavy atom. The number of aromatic nitrogens is 3. The number of hydrogen-bond donors (Lipinski definition) is 2. The molecule has 0 spiro atoms. The van der Waals surface area contributed by atoms with E-state index in [4.69, 9.17) is 9.47 Å². The number of aryl methyl sites for hydroxylation is 3. The quantitative estimate of drug-likeness (QED) is 0.278. The van der Waals surface area contributed by atoms with Crippen molar-refractivity contribution in [3.05, 3.63) is 71.0 Å². The van der Waals surface area contributed by atoms with Gasteiger partial charge in [0.05, 0.1) is 25.3 Å². The molecule has 4 rings (SSSR count). The van der Waals surface area contributed by atoms with Crippen LogP contribution in [0.1, 0.15) is 68.3 Å². The highest BCUT2D eigenvalue weighted by Crippen LogP contribution is 2.57. The van der Waals surface area contributed by atoms with Crippen LogP contribution in [0.15, 0.2) is 53.6 Å². The van der Waals surface area contributed by atoms with Gasteiger partial charge in [0.25, 0.3) is 0 Å². The average molecular weight is 557 g/mol. The van der Waals surface area contributed by atoms with E-state index in [1.165, 1.54) is 0 Å². The molecule has 0 amide bonds. The molecule has 0 radical (unpaired) electrons. The van der Waals surface area contributed by atoms with Gasteiger partial charge in [-0.25, -0.2) is 0 Å². The number of benzene rings is 2. The number of esters is 1. The Morgan fingerprint density at radius 3 is 2.72 bits per heavy atom. The van der Waals surface area contributed by atoms with Crippen molar-refractivity contribution >= 4 is 16.7 Å². The van der Waals surface area contributed by atoms with Crippen LogP contribution in [0.5, 0.6) is 5.75 Å². The number of para-hydroxylation sites is 1. The predicted molar refractivity (Wildman–Crippen MR) is 152 cm³/mol. The standard InChI is InChI=1S/C29H40N4O5S/c1-5-26-20-33(39(35,36)28-11-9-8-10-27(28)38-26)18-24-16-22(13-12-21(24)4)23(17-29(34)37-7-3)14-15-25-19-32(6-2)31-30-25/h8-13,16,19,23,26,35-36H,5-7,14-15,17-18,20H2,1-4H3/t23?,26-/m1/s1. The normalized spacial score (nSPS) is 18.5. The zero-order valence-electron chi connectivity index (χ0n) is 23.2. The van der Waals surface area contributed by atoms with E-state index in [0.29, 0.717) is 43.2 Å². The van der Waals surface area contributed by atoms with Crippen LogP contribution in [0, 0.1) is 6.92 Å². The van der Waals surface area contributed by atoms with Gasteiger partial charge in [0.2, 0.25) is 0 Å². The maximum atomic E-state index is 12.5. The van der Waals surface area contributed by atoms with Crippen LogP contribution < -0.4 is 4.74 Å². The Bertz CT molecular complexity index is 1260. The summed E-state index contributed by atoms with van der Waals surface area (Å²) >= 11 is 0. The van der Waals surface area contributed by atoms with Crippen LogP contribution in [-0.2, 0) is 29.0 Å². The van der Waals surface area contributed by atoms with Gasteiger partial charge in [-0.1, -0.05) is 42.5 Å². The molecule has 2 N–H and O–H groups in total. The SMILES string of the molecule is CCOC(=O)CC(CCc1cn(CC)nn1)c1ccc(C)c(CN2C[C@@H](CC)Oc3ccccc3S2(O)O)c1. The van der Waals surface area contributed by atoms with Crippen molar-refractivity contribution in [3.63, 3.8) is 0 Å². The summed E-state index contributed by atoms with van der Waals surface area (Å²) in [5.74, 6) is 0.210. The minimum atomic E-state index is -3.27. The van der Waals surface area contributed by atoms with Crippen LogP contribution in [0.25, 0.3) is 0 Å².